The molecule has 19 heavy (non-hydrogen) atoms. The van der Waals surface area contributed by atoms with E-state index in [1.54, 1.807) is 0 Å². The van der Waals surface area contributed by atoms with Gasteiger partial charge < -0.3 is 5.32 Å². The van der Waals surface area contributed by atoms with Crippen LogP contribution in [0.25, 0.3) is 0 Å². The molecule has 1 heteroatoms. The Labute approximate surface area is 118 Å². The van der Waals surface area contributed by atoms with Gasteiger partial charge >= 0.3 is 0 Å². The summed E-state index contributed by atoms with van der Waals surface area (Å²) in [5, 5.41) is 3.69. The molecule has 2 unspecified atom stereocenters. The molecule has 0 aliphatic heterocycles. The molecular formula is C18H29N. The average Bonchev–Trinajstić information content (AvgIpc) is 2.73. The highest BCUT2D eigenvalue weighted by atomic mass is 14.9. The van der Waals surface area contributed by atoms with Gasteiger partial charge in [0.2, 0.25) is 0 Å². The van der Waals surface area contributed by atoms with Crippen LogP contribution in [0, 0.1) is 18.8 Å². The van der Waals surface area contributed by atoms with Crippen molar-refractivity contribution in [3.63, 3.8) is 0 Å². The monoisotopic (exact) mass is 259 g/mol. The number of nitrogens with one attached hydrogen (secondary N) is 1. The molecule has 1 aromatic rings. The van der Waals surface area contributed by atoms with E-state index in [0.717, 1.165) is 11.8 Å². The molecule has 1 aliphatic rings. The second-order valence-corrected chi connectivity index (χ2v) is 7.28. The second-order valence-electron chi connectivity index (χ2n) is 7.28. The first-order valence-corrected chi connectivity index (χ1v) is 7.74. The van der Waals surface area contributed by atoms with E-state index in [1.807, 2.05) is 0 Å². The maximum Gasteiger partial charge on any atom is 0.00966 e. The highest BCUT2D eigenvalue weighted by Gasteiger charge is 2.28. The number of hydrogen-bond acceptors (Lipinski definition) is 1. The molecule has 0 saturated heterocycles. The summed E-state index contributed by atoms with van der Waals surface area (Å²) in [5.41, 5.74) is 3.16. The third-order valence-electron chi connectivity index (χ3n) is 4.29. The maximum absolute atomic E-state index is 3.69. The normalized spacial score (nSPS) is 23.8. The first kappa shape index (κ1) is 14.6. The largest absolute Gasteiger partial charge is 0.312 e. The van der Waals surface area contributed by atoms with E-state index in [9.17, 15) is 0 Å². The van der Waals surface area contributed by atoms with Crippen LogP contribution in [0.1, 0.15) is 51.2 Å². The van der Waals surface area contributed by atoms with Gasteiger partial charge in [-0.2, -0.15) is 0 Å². The van der Waals surface area contributed by atoms with Crippen molar-refractivity contribution in [3.05, 3.63) is 35.4 Å². The SMILES string of the molecule is Cc1cccc(CC2CCCC2CNC(C)(C)C)c1. The fraction of sp³-hybridized carbons (Fsp3) is 0.667. The summed E-state index contributed by atoms with van der Waals surface area (Å²) in [6, 6.07) is 9.03. The van der Waals surface area contributed by atoms with Crippen LogP contribution in [-0.2, 0) is 6.42 Å². The Kier molecular flexibility index (Phi) is 4.67. The molecule has 106 valence electrons. The Morgan fingerprint density at radius 2 is 1.89 bits per heavy atom. The molecule has 1 aliphatic carbocycles. The van der Waals surface area contributed by atoms with E-state index in [0.29, 0.717) is 0 Å². The van der Waals surface area contributed by atoms with Crippen molar-refractivity contribution in [1.82, 2.24) is 5.32 Å². The fourth-order valence-electron chi connectivity index (χ4n) is 3.23. The first-order valence-electron chi connectivity index (χ1n) is 7.74. The Morgan fingerprint density at radius 3 is 2.58 bits per heavy atom. The van der Waals surface area contributed by atoms with Crippen molar-refractivity contribution in [2.45, 2.75) is 58.9 Å². The molecule has 0 amide bonds. The van der Waals surface area contributed by atoms with Gasteiger partial charge in [0.1, 0.15) is 0 Å². The predicted molar refractivity (Wildman–Crippen MR) is 83.5 cm³/mol. The van der Waals surface area contributed by atoms with Crippen LogP contribution in [0.15, 0.2) is 24.3 Å². The number of aryl methyl sites for hydroxylation is 1. The van der Waals surface area contributed by atoms with Crippen LogP contribution >= 0.6 is 0 Å². The van der Waals surface area contributed by atoms with E-state index in [4.69, 9.17) is 0 Å². The molecule has 2 rings (SSSR count). The minimum absolute atomic E-state index is 0.247. The molecule has 0 bridgehead atoms. The minimum atomic E-state index is 0.247. The fourth-order valence-corrected chi connectivity index (χ4v) is 3.23. The topological polar surface area (TPSA) is 12.0 Å². The van der Waals surface area contributed by atoms with E-state index >= 15 is 0 Å². The molecule has 2 atom stereocenters. The summed E-state index contributed by atoms with van der Waals surface area (Å²) >= 11 is 0. The maximum atomic E-state index is 3.69. The lowest BCUT2D eigenvalue weighted by Gasteiger charge is -2.26. The summed E-state index contributed by atoms with van der Waals surface area (Å²) < 4.78 is 0. The average molecular weight is 259 g/mol. The smallest absolute Gasteiger partial charge is 0.00966 e. The molecule has 1 N–H and O–H groups in total. The van der Waals surface area contributed by atoms with Gasteiger partial charge in [0.25, 0.3) is 0 Å². The standard InChI is InChI=1S/C18H29N/c1-14-7-5-8-15(11-14)12-16-9-6-10-17(16)13-19-18(2,3)4/h5,7-8,11,16-17,19H,6,9-10,12-13H2,1-4H3. The van der Waals surface area contributed by atoms with Crippen LogP contribution in [0.4, 0.5) is 0 Å². The zero-order valence-electron chi connectivity index (χ0n) is 13.0. The molecular weight excluding hydrogens is 230 g/mol. The summed E-state index contributed by atoms with van der Waals surface area (Å²) in [7, 11) is 0. The highest BCUT2D eigenvalue weighted by molar-refractivity contribution is 5.22. The van der Waals surface area contributed by atoms with Crippen LogP contribution in [0.5, 0.6) is 0 Å². The third kappa shape index (κ3) is 4.65. The van der Waals surface area contributed by atoms with Crippen LogP contribution < -0.4 is 5.32 Å². The Morgan fingerprint density at radius 1 is 1.16 bits per heavy atom. The van der Waals surface area contributed by atoms with Crippen molar-refractivity contribution in [2.24, 2.45) is 11.8 Å². The number of rotatable bonds is 4. The van der Waals surface area contributed by atoms with Crippen LogP contribution in [-0.4, -0.2) is 12.1 Å². The van der Waals surface area contributed by atoms with Crippen molar-refractivity contribution >= 4 is 0 Å². The van der Waals surface area contributed by atoms with Gasteiger partial charge in [0, 0.05) is 5.54 Å². The summed E-state index contributed by atoms with van der Waals surface area (Å²) in [6.07, 6.45) is 5.48. The second kappa shape index (κ2) is 6.09. The lowest BCUT2D eigenvalue weighted by molar-refractivity contribution is 0.317. The molecule has 1 nitrogen and oxygen atoms in total. The summed E-state index contributed by atoms with van der Waals surface area (Å²) in [4.78, 5) is 0. The quantitative estimate of drug-likeness (QED) is 0.848. The van der Waals surface area contributed by atoms with E-state index in [-0.39, 0.29) is 5.54 Å². The van der Waals surface area contributed by atoms with Crippen molar-refractivity contribution in [3.8, 4) is 0 Å². The molecule has 0 radical (unpaired) electrons. The van der Waals surface area contributed by atoms with Gasteiger partial charge in [-0.3, -0.25) is 0 Å². The predicted octanol–water partition coefficient (Wildman–Crippen LogP) is 4.34. The third-order valence-corrected chi connectivity index (χ3v) is 4.29. The van der Waals surface area contributed by atoms with Gasteiger partial charge in [-0.05, 0) is 70.9 Å². The van der Waals surface area contributed by atoms with Gasteiger partial charge in [-0.25, -0.2) is 0 Å². The molecule has 0 heterocycles. The van der Waals surface area contributed by atoms with Crippen LogP contribution in [0.3, 0.4) is 0 Å². The Hall–Kier alpha value is -0.820. The van der Waals surface area contributed by atoms with Gasteiger partial charge in [-0.15, -0.1) is 0 Å². The zero-order valence-corrected chi connectivity index (χ0v) is 13.0. The molecule has 0 aromatic heterocycles. The lowest BCUT2D eigenvalue weighted by Crippen LogP contribution is -2.40. The summed E-state index contributed by atoms with van der Waals surface area (Å²) in [5.74, 6) is 1.73. The number of hydrogen-bond donors (Lipinski definition) is 1. The summed E-state index contributed by atoms with van der Waals surface area (Å²) in [6.45, 7) is 10.2. The van der Waals surface area contributed by atoms with Gasteiger partial charge in [0.15, 0.2) is 0 Å². The zero-order chi connectivity index (χ0) is 13.9. The van der Waals surface area contributed by atoms with Gasteiger partial charge in [0.05, 0.1) is 0 Å². The highest BCUT2D eigenvalue weighted by Crippen LogP contribution is 2.34. The number of benzene rings is 1. The Balaban J connectivity index is 1.92. The molecule has 0 spiro atoms. The molecule has 1 fully saturated rings. The lowest BCUT2D eigenvalue weighted by atomic mass is 9.88. The minimum Gasteiger partial charge on any atom is -0.312 e. The van der Waals surface area contributed by atoms with Crippen molar-refractivity contribution in [1.29, 1.82) is 0 Å². The van der Waals surface area contributed by atoms with E-state index < -0.39 is 0 Å². The van der Waals surface area contributed by atoms with Crippen molar-refractivity contribution in [2.75, 3.05) is 6.54 Å². The van der Waals surface area contributed by atoms with Crippen LogP contribution in [0.2, 0.25) is 0 Å². The van der Waals surface area contributed by atoms with E-state index in [1.165, 1.54) is 43.4 Å². The first-order chi connectivity index (χ1) is 8.94. The molecule has 1 saturated carbocycles. The Bertz CT molecular complexity index is 402. The van der Waals surface area contributed by atoms with E-state index in [2.05, 4.69) is 57.3 Å². The van der Waals surface area contributed by atoms with Crippen molar-refractivity contribution < 1.29 is 0 Å². The molecule has 1 aromatic carbocycles. The van der Waals surface area contributed by atoms with Gasteiger partial charge in [-0.1, -0.05) is 36.2 Å².